The van der Waals surface area contributed by atoms with Crippen molar-refractivity contribution in [2.75, 3.05) is 40.9 Å². The Hall–Kier alpha value is -2.58. The van der Waals surface area contributed by atoms with Crippen LogP contribution in [0.3, 0.4) is 0 Å². The number of amides is 1. The minimum absolute atomic E-state index is 0.0211. The third kappa shape index (κ3) is 49.3. The van der Waals surface area contributed by atoms with Crippen LogP contribution in [0.1, 0.15) is 206 Å². The smallest absolute Gasteiger partial charge is 0.268 e. The van der Waals surface area contributed by atoms with Crippen molar-refractivity contribution in [1.29, 1.82) is 0 Å². The summed E-state index contributed by atoms with van der Waals surface area (Å²) in [4.78, 5) is 25.4. The summed E-state index contributed by atoms with van der Waals surface area (Å²) in [6.45, 7) is 4.47. The molecule has 0 aromatic heterocycles. The highest BCUT2D eigenvalue weighted by Gasteiger charge is 2.23. The van der Waals surface area contributed by atoms with Gasteiger partial charge in [-0.05, 0) is 89.9 Å². The molecule has 0 aliphatic rings. The first-order valence-corrected chi connectivity index (χ1v) is 28.1. The molecule has 0 rings (SSSR count). The van der Waals surface area contributed by atoms with Crippen LogP contribution in [-0.4, -0.2) is 68.5 Å². The lowest BCUT2D eigenvalue weighted by atomic mass is 10.0. The first-order chi connectivity index (χ1) is 32.0. The molecule has 66 heavy (non-hydrogen) atoms. The fourth-order valence-corrected chi connectivity index (χ4v) is 7.82. The zero-order valence-electron chi connectivity index (χ0n) is 43.1. The van der Waals surface area contributed by atoms with E-state index in [1.54, 1.807) is 6.08 Å². The summed E-state index contributed by atoms with van der Waals surface area (Å²) in [6.07, 6.45) is 67.7. The van der Waals surface area contributed by atoms with Crippen molar-refractivity contribution in [1.82, 2.24) is 5.32 Å². The summed E-state index contributed by atoms with van der Waals surface area (Å²) in [7, 11) is 1.20. The predicted octanol–water partition coefficient (Wildman–Crippen LogP) is 15.2. The highest BCUT2D eigenvalue weighted by atomic mass is 31.2. The van der Waals surface area contributed by atoms with E-state index in [1.165, 1.54) is 103 Å². The molecule has 0 aliphatic heterocycles. The number of phosphoric ester groups is 1. The van der Waals surface area contributed by atoms with E-state index in [-0.39, 0.29) is 18.9 Å². The van der Waals surface area contributed by atoms with Crippen LogP contribution in [0.4, 0.5) is 0 Å². The van der Waals surface area contributed by atoms with Gasteiger partial charge < -0.3 is 28.8 Å². The number of quaternary nitrogens is 1. The number of rotatable bonds is 47. The van der Waals surface area contributed by atoms with Gasteiger partial charge in [-0.3, -0.25) is 9.36 Å². The molecule has 0 aliphatic carbocycles. The molecule has 2 N–H and O–H groups in total. The molecule has 3 atom stereocenters. The Morgan fingerprint density at radius 2 is 0.939 bits per heavy atom. The Morgan fingerprint density at radius 3 is 1.41 bits per heavy atom. The van der Waals surface area contributed by atoms with Gasteiger partial charge in [-0.2, -0.15) is 0 Å². The number of carbonyl (C=O) groups excluding carboxylic acids is 1. The molecule has 0 spiro atoms. The lowest BCUT2D eigenvalue weighted by Crippen LogP contribution is -2.45. The lowest BCUT2D eigenvalue weighted by molar-refractivity contribution is -0.870. The molecule has 1 amide bonds. The van der Waals surface area contributed by atoms with E-state index < -0.39 is 26.6 Å². The van der Waals surface area contributed by atoms with Gasteiger partial charge in [0.15, 0.2) is 0 Å². The van der Waals surface area contributed by atoms with Crippen molar-refractivity contribution in [3.8, 4) is 0 Å². The number of nitrogens with one attached hydrogen (secondary N) is 1. The van der Waals surface area contributed by atoms with Crippen LogP contribution < -0.4 is 10.2 Å². The molecule has 0 heterocycles. The number of carbonyl (C=O) groups is 1. The first-order valence-electron chi connectivity index (χ1n) is 26.6. The van der Waals surface area contributed by atoms with E-state index in [0.29, 0.717) is 17.4 Å². The topological polar surface area (TPSA) is 108 Å². The molecular formula is C57H101N2O6P. The fraction of sp³-hybridized carbons (Fsp3) is 0.702. The number of hydrogen-bond acceptors (Lipinski definition) is 6. The summed E-state index contributed by atoms with van der Waals surface area (Å²) in [5.41, 5.74) is 0. The molecule has 0 aromatic rings. The molecule has 0 saturated carbocycles. The van der Waals surface area contributed by atoms with Crippen LogP contribution in [0.5, 0.6) is 0 Å². The van der Waals surface area contributed by atoms with Gasteiger partial charge >= 0.3 is 0 Å². The maximum absolute atomic E-state index is 12.9. The van der Waals surface area contributed by atoms with Gasteiger partial charge in [-0.25, -0.2) is 0 Å². The Kier molecular flexibility index (Phi) is 45.6. The average molecular weight is 941 g/mol. The highest BCUT2D eigenvalue weighted by Crippen LogP contribution is 2.38. The van der Waals surface area contributed by atoms with Crippen molar-refractivity contribution in [2.45, 2.75) is 219 Å². The minimum Gasteiger partial charge on any atom is -0.756 e. The van der Waals surface area contributed by atoms with Crippen molar-refractivity contribution < 1.29 is 32.9 Å². The predicted molar refractivity (Wildman–Crippen MR) is 283 cm³/mol. The second kappa shape index (κ2) is 47.5. The van der Waals surface area contributed by atoms with E-state index in [1.807, 2.05) is 27.2 Å². The molecule has 0 saturated heterocycles. The van der Waals surface area contributed by atoms with Gasteiger partial charge in [-0.15, -0.1) is 0 Å². The number of aliphatic hydroxyl groups excluding tert-OH is 1. The van der Waals surface area contributed by atoms with Gasteiger partial charge in [-0.1, -0.05) is 207 Å². The van der Waals surface area contributed by atoms with Crippen LogP contribution in [0, 0.1) is 0 Å². The van der Waals surface area contributed by atoms with E-state index in [0.717, 1.165) is 77.0 Å². The standard InChI is InChI=1S/C57H101N2O6P/c1-6-8-10-12-14-16-18-20-22-24-26-27-28-29-30-31-33-34-36-38-40-42-44-46-48-50-56(60)55(54-65-66(62,63)64-53-52-59(3,4)5)58-57(61)51-49-47-45-43-41-39-37-35-32-25-23-21-19-17-15-13-11-9-7-2/h9,11,15,17,21,23,32-35,39-42,48,50,55-56,60H,6-8,10,12-14,16,18-20,22,24-31,36-38,43-47,49,51-54H2,1-5H3,(H-,58,61,62,63)/b11-9-,17-15-,23-21-,34-33+,35-32-,41-39-,42-40+,50-48+. The molecule has 0 radical (unpaired) electrons. The van der Waals surface area contributed by atoms with Crippen LogP contribution in [0.25, 0.3) is 0 Å². The number of nitrogens with zero attached hydrogens (tertiary/aromatic N) is 1. The van der Waals surface area contributed by atoms with E-state index in [9.17, 15) is 19.4 Å². The number of phosphoric acid groups is 1. The Bertz CT molecular complexity index is 1390. The zero-order valence-corrected chi connectivity index (χ0v) is 44.0. The average Bonchev–Trinajstić information content (AvgIpc) is 3.28. The normalized spacial score (nSPS) is 14.8. The molecule has 9 heteroatoms. The molecule has 3 unspecified atom stereocenters. The maximum atomic E-state index is 12.9. The van der Waals surface area contributed by atoms with Gasteiger partial charge in [0.25, 0.3) is 7.82 Å². The number of unbranched alkanes of at least 4 members (excludes halogenated alkanes) is 20. The van der Waals surface area contributed by atoms with Gasteiger partial charge in [0.2, 0.25) is 5.91 Å². The fourth-order valence-electron chi connectivity index (χ4n) is 7.09. The molecule has 0 bridgehead atoms. The largest absolute Gasteiger partial charge is 0.756 e. The summed E-state index contributed by atoms with van der Waals surface area (Å²) < 4.78 is 23.3. The first kappa shape index (κ1) is 63.4. The SMILES string of the molecule is CC/C=C\C/C=C\C/C=C\C/C=C\C/C=C\CCCCCC(=O)NC(COP(=O)([O-])OCC[N+](C)(C)C)C(O)/C=C/CC/C=C/CC/C=C/CCCCCCCCCCCCCCCCC. The third-order valence-electron chi connectivity index (χ3n) is 11.3. The quantitative estimate of drug-likeness (QED) is 0.0272. The van der Waals surface area contributed by atoms with E-state index in [4.69, 9.17) is 9.05 Å². The van der Waals surface area contributed by atoms with Crippen LogP contribution in [0.2, 0.25) is 0 Å². The zero-order chi connectivity index (χ0) is 48.5. The molecular weight excluding hydrogens is 840 g/mol. The number of allylic oxidation sites excluding steroid dienone is 15. The number of likely N-dealkylation sites (N-methyl/N-ethyl adjacent to an activating group) is 1. The summed E-state index contributed by atoms with van der Waals surface area (Å²) in [5.74, 6) is -0.246. The Balaban J connectivity index is 4.43. The maximum Gasteiger partial charge on any atom is 0.268 e. The molecule has 8 nitrogen and oxygen atoms in total. The second-order valence-corrected chi connectivity index (χ2v) is 20.2. The van der Waals surface area contributed by atoms with Gasteiger partial charge in [0, 0.05) is 6.42 Å². The Morgan fingerprint density at radius 1 is 0.545 bits per heavy atom. The molecule has 0 aromatic carbocycles. The van der Waals surface area contributed by atoms with Gasteiger partial charge in [0.05, 0.1) is 39.9 Å². The minimum atomic E-state index is -4.62. The van der Waals surface area contributed by atoms with Crippen LogP contribution in [0.15, 0.2) is 97.2 Å². The van der Waals surface area contributed by atoms with Crippen molar-refractivity contribution >= 4 is 13.7 Å². The van der Waals surface area contributed by atoms with Crippen LogP contribution in [-0.2, 0) is 18.4 Å². The second-order valence-electron chi connectivity index (χ2n) is 18.8. The van der Waals surface area contributed by atoms with Crippen molar-refractivity contribution in [2.24, 2.45) is 0 Å². The van der Waals surface area contributed by atoms with Crippen molar-refractivity contribution in [3.05, 3.63) is 97.2 Å². The van der Waals surface area contributed by atoms with E-state index >= 15 is 0 Å². The summed E-state index contributed by atoms with van der Waals surface area (Å²) in [5, 5.41) is 13.8. The van der Waals surface area contributed by atoms with E-state index in [2.05, 4.69) is 104 Å². The third-order valence-corrected chi connectivity index (χ3v) is 12.2. The van der Waals surface area contributed by atoms with Crippen LogP contribution >= 0.6 is 7.82 Å². The summed E-state index contributed by atoms with van der Waals surface area (Å²) in [6, 6.07) is -0.934. The Labute approximate surface area is 407 Å². The number of aliphatic hydroxyl groups is 1. The van der Waals surface area contributed by atoms with Crippen molar-refractivity contribution in [3.63, 3.8) is 0 Å². The lowest BCUT2D eigenvalue weighted by Gasteiger charge is -2.29. The molecule has 380 valence electrons. The number of hydrogen-bond donors (Lipinski definition) is 2. The van der Waals surface area contributed by atoms with Gasteiger partial charge in [0.1, 0.15) is 13.2 Å². The monoisotopic (exact) mass is 941 g/mol. The molecule has 0 fully saturated rings. The highest BCUT2D eigenvalue weighted by molar-refractivity contribution is 7.45. The summed E-state index contributed by atoms with van der Waals surface area (Å²) >= 11 is 0.